The van der Waals surface area contributed by atoms with Gasteiger partial charge in [0.15, 0.2) is 11.5 Å². The Balaban J connectivity index is 1.32. The van der Waals surface area contributed by atoms with E-state index in [9.17, 15) is 14.7 Å². The summed E-state index contributed by atoms with van der Waals surface area (Å²) in [6, 6.07) is 14.2. The topological polar surface area (TPSA) is 133 Å². The van der Waals surface area contributed by atoms with Crippen molar-refractivity contribution in [3.63, 3.8) is 0 Å². The molecule has 186 valence electrons. The Bertz CT molecular complexity index is 1260. The minimum atomic E-state index is -0.695. The van der Waals surface area contributed by atoms with Gasteiger partial charge in [-0.05, 0) is 80.5 Å². The summed E-state index contributed by atoms with van der Waals surface area (Å²) in [5.41, 5.74) is 8.15. The summed E-state index contributed by atoms with van der Waals surface area (Å²) in [6.07, 6.45) is 5.73. The molecule has 0 bridgehead atoms. The van der Waals surface area contributed by atoms with Crippen LogP contribution in [0, 0.1) is 0 Å². The van der Waals surface area contributed by atoms with Crippen LogP contribution in [0.3, 0.4) is 0 Å². The fraction of sp³-hybridized carbons (Fsp3) is 0.333. The van der Waals surface area contributed by atoms with Crippen LogP contribution in [-0.2, 0) is 0 Å². The fourth-order valence-corrected chi connectivity index (χ4v) is 4.70. The summed E-state index contributed by atoms with van der Waals surface area (Å²) < 4.78 is 0. The molecule has 9 nitrogen and oxygen atoms in total. The van der Waals surface area contributed by atoms with Crippen LogP contribution >= 0.6 is 0 Å². The number of nitrogens with zero attached hydrogens (tertiary/aromatic N) is 3. The first-order valence-electron chi connectivity index (χ1n) is 12.3. The maximum atomic E-state index is 13.0. The second-order valence-electron chi connectivity index (χ2n) is 9.51. The number of rotatable bonds is 7. The van der Waals surface area contributed by atoms with Gasteiger partial charge in [-0.3, -0.25) is 9.59 Å². The molecule has 2 aromatic carbocycles. The van der Waals surface area contributed by atoms with E-state index in [4.69, 9.17) is 5.73 Å². The van der Waals surface area contributed by atoms with Gasteiger partial charge in [-0.25, -0.2) is 9.97 Å². The first-order valence-corrected chi connectivity index (χ1v) is 12.3. The first-order chi connectivity index (χ1) is 17.4. The Morgan fingerprint density at radius 3 is 2.44 bits per heavy atom. The van der Waals surface area contributed by atoms with Gasteiger partial charge in [-0.15, -0.1) is 0 Å². The summed E-state index contributed by atoms with van der Waals surface area (Å²) in [6.45, 7) is 2.80. The van der Waals surface area contributed by atoms with E-state index < -0.39 is 5.91 Å². The SMILES string of the molecule is C[C@@H]1[C@H](NC(=O)c2ccc(C3CC3)cc2)CCCN1c1cnc(C(N)=O)c(Nc2ccc(O)cc2)n1. The second-order valence-corrected chi connectivity index (χ2v) is 9.51. The predicted molar refractivity (Wildman–Crippen MR) is 138 cm³/mol. The van der Waals surface area contributed by atoms with E-state index in [0.29, 0.717) is 23.0 Å². The summed E-state index contributed by atoms with van der Waals surface area (Å²) >= 11 is 0. The number of hydrogen-bond acceptors (Lipinski definition) is 7. The third kappa shape index (κ3) is 5.10. The number of carbonyl (C=O) groups excluding carboxylic acids is 2. The minimum Gasteiger partial charge on any atom is -0.508 e. The Labute approximate surface area is 209 Å². The first kappa shape index (κ1) is 23.6. The average Bonchev–Trinajstić information content (AvgIpc) is 3.72. The summed E-state index contributed by atoms with van der Waals surface area (Å²) in [5.74, 6) is 0.830. The molecule has 3 aromatic rings. The van der Waals surface area contributed by atoms with E-state index in [1.807, 2.05) is 12.1 Å². The van der Waals surface area contributed by atoms with Gasteiger partial charge in [0.25, 0.3) is 11.8 Å². The highest BCUT2D eigenvalue weighted by molar-refractivity contribution is 5.96. The Morgan fingerprint density at radius 2 is 1.78 bits per heavy atom. The molecule has 5 rings (SSSR count). The van der Waals surface area contributed by atoms with Gasteiger partial charge in [-0.1, -0.05) is 12.1 Å². The van der Waals surface area contributed by atoms with Crippen LogP contribution in [0.2, 0.25) is 0 Å². The number of anilines is 3. The lowest BCUT2D eigenvalue weighted by molar-refractivity contribution is 0.0923. The van der Waals surface area contributed by atoms with Crippen LogP contribution in [0.5, 0.6) is 5.75 Å². The smallest absolute Gasteiger partial charge is 0.271 e. The van der Waals surface area contributed by atoms with Crippen molar-refractivity contribution in [3.8, 4) is 5.75 Å². The number of aromatic nitrogens is 2. The van der Waals surface area contributed by atoms with E-state index >= 15 is 0 Å². The molecule has 1 aliphatic carbocycles. The van der Waals surface area contributed by atoms with Gasteiger partial charge in [0.05, 0.1) is 6.20 Å². The quantitative estimate of drug-likeness (QED) is 0.374. The molecule has 1 aromatic heterocycles. The third-order valence-electron chi connectivity index (χ3n) is 6.94. The number of hydrogen-bond donors (Lipinski definition) is 4. The zero-order valence-corrected chi connectivity index (χ0v) is 20.1. The van der Waals surface area contributed by atoms with E-state index in [0.717, 1.165) is 19.4 Å². The van der Waals surface area contributed by atoms with Crippen molar-refractivity contribution in [2.24, 2.45) is 5.73 Å². The lowest BCUT2D eigenvalue weighted by atomic mass is 9.97. The standard InChI is InChI=1S/C27H30N6O3/c1-16-22(31-27(36)19-8-6-18(7-9-19)17-4-5-17)3-2-14-33(16)23-15-29-24(25(28)35)26(32-23)30-20-10-12-21(34)13-11-20/h6-13,15-17,22,34H,2-5,14H2,1H3,(H2,28,35)(H,30,32)(H,31,36)/t16-,22-/m1/s1. The molecular formula is C27H30N6O3. The number of aromatic hydroxyl groups is 1. The van der Waals surface area contributed by atoms with Crippen LogP contribution < -0.4 is 21.3 Å². The molecule has 2 heterocycles. The van der Waals surface area contributed by atoms with Crippen molar-refractivity contribution in [2.45, 2.75) is 50.6 Å². The number of amides is 2. The predicted octanol–water partition coefficient (Wildman–Crippen LogP) is 3.69. The lowest BCUT2D eigenvalue weighted by Crippen LogP contribution is -2.54. The maximum absolute atomic E-state index is 13.0. The van der Waals surface area contributed by atoms with Crippen molar-refractivity contribution in [1.82, 2.24) is 15.3 Å². The zero-order valence-electron chi connectivity index (χ0n) is 20.1. The summed E-state index contributed by atoms with van der Waals surface area (Å²) in [5, 5.41) is 15.8. The number of carbonyl (C=O) groups is 2. The van der Waals surface area contributed by atoms with E-state index in [2.05, 4.69) is 44.6 Å². The maximum Gasteiger partial charge on any atom is 0.271 e. The average molecular weight is 487 g/mol. The van der Waals surface area contributed by atoms with Crippen molar-refractivity contribution >= 4 is 29.1 Å². The number of nitrogens with one attached hydrogen (secondary N) is 2. The van der Waals surface area contributed by atoms with Crippen LogP contribution in [0.25, 0.3) is 0 Å². The van der Waals surface area contributed by atoms with Crippen LogP contribution in [0.4, 0.5) is 17.3 Å². The number of benzene rings is 2. The highest BCUT2D eigenvalue weighted by Gasteiger charge is 2.31. The number of nitrogens with two attached hydrogens (primary N) is 1. The Morgan fingerprint density at radius 1 is 1.06 bits per heavy atom. The number of phenols is 1. The molecule has 1 saturated heterocycles. The Kier molecular flexibility index (Phi) is 6.45. The summed E-state index contributed by atoms with van der Waals surface area (Å²) in [4.78, 5) is 36.0. The molecule has 9 heteroatoms. The van der Waals surface area contributed by atoms with Gasteiger partial charge in [-0.2, -0.15) is 0 Å². The largest absolute Gasteiger partial charge is 0.508 e. The van der Waals surface area contributed by atoms with E-state index in [1.54, 1.807) is 18.3 Å². The minimum absolute atomic E-state index is 0.0241. The molecule has 0 spiro atoms. The van der Waals surface area contributed by atoms with Gasteiger partial charge in [0, 0.05) is 29.9 Å². The van der Waals surface area contributed by atoms with Crippen molar-refractivity contribution in [2.75, 3.05) is 16.8 Å². The molecule has 2 fully saturated rings. The molecule has 2 aliphatic rings. The number of phenolic OH excluding ortho intramolecular Hbond substituents is 1. The number of primary amides is 1. The molecular weight excluding hydrogens is 456 g/mol. The molecule has 2 atom stereocenters. The number of piperidine rings is 1. The van der Waals surface area contributed by atoms with Gasteiger partial charge >= 0.3 is 0 Å². The highest BCUT2D eigenvalue weighted by atomic mass is 16.3. The second kappa shape index (κ2) is 9.85. The normalized spacial score (nSPS) is 19.5. The Hall–Kier alpha value is -4.14. The van der Waals surface area contributed by atoms with E-state index in [1.165, 1.54) is 30.5 Å². The fourth-order valence-electron chi connectivity index (χ4n) is 4.70. The van der Waals surface area contributed by atoms with Crippen LogP contribution in [-0.4, -0.2) is 45.5 Å². The molecule has 1 aliphatic heterocycles. The zero-order chi connectivity index (χ0) is 25.2. The van der Waals surface area contributed by atoms with E-state index in [-0.39, 0.29) is 35.3 Å². The van der Waals surface area contributed by atoms with Crippen molar-refractivity contribution < 1.29 is 14.7 Å². The van der Waals surface area contributed by atoms with Crippen LogP contribution in [0.15, 0.2) is 54.7 Å². The molecule has 1 saturated carbocycles. The third-order valence-corrected chi connectivity index (χ3v) is 6.94. The monoisotopic (exact) mass is 486 g/mol. The summed E-state index contributed by atoms with van der Waals surface area (Å²) in [7, 11) is 0. The molecule has 36 heavy (non-hydrogen) atoms. The van der Waals surface area contributed by atoms with Crippen molar-refractivity contribution in [3.05, 3.63) is 71.5 Å². The molecule has 5 N–H and O–H groups in total. The molecule has 0 radical (unpaired) electrons. The van der Waals surface area contributed by atoms with Gasteiger partial charge in [0.2, 0.25) is 0 Å². The lowest BCUT2D eigenvalue weighted by Gasteiger charge is -2.40. The highest BCUT2D eigenvalue weighted by Crippen LogP contribution is 2.39. The van der Waals surface area contributed by atoms with Gasteiger partial charge in [0.1, 0.15) is 11.6 Å². The van der Waals surface area contributed by atoms with Gasteiger partial charge < -0.3 is 26.4 Å². The van der Waals surface area contributed by atoms with Crippen LogP contribution in [0.1, 0.15) is 64.9 Å². The molecule has 0 unspecified atom stereocenters. The molecule has 2 amide bonds. The van der Waals surface area contributed by atoms with Crippen molar-refractivity contribution in [1.29, 1.82) is 0 Å².